The standard InChI is InChI=1S/C29H31Cl2FN2O2S/c30-27-6-3-22(13-28(27)31)29(35)34-15-24(26(16-34)23-9-12-37-19-23)14-33-10-7-21(8-11-33)18-36-17-20-1-4-25(32)5-2-20/h1-6,9,12-13,19,21,24,26H,7-8,10-11,14-18H2/t24?,26-/m0/s1. The zero-order valence-electron chi connectivity index (χ0n) is 20.6. The molecule has 0 N–H and O–H groups in total. The summed E-state index contributed by atoms with van der Waals surface area (Å²) in [5.74, 6) is 1.04. The number of halogens is 3. The Morgan fingerprint density at radius 2 is 1.81 bits per heavy atom. The number of piperidine rings is 1. The van der Waals surface area contributed by atoms with Gasteiger partial charge in [-0.15, -0.1) is 0 Å². The van der Waals surface area contributed by atoms with Crippen LogP contribution in [0.1, 0.15) is 40.2 Å². The topological polar surface area (TPSA) is 32.8 Å². The summed E-state index contributed by atoms with van der Waals surface area (Å²) in [5.41, 5.74) is 2.91. The number of hydrogen-bond donors (Lipinski definition) is 0. The number of carbonyl (C=O) groups is 1. The van der Waals surface area contributed by atoms with Crippen LogP contribution >= 0.6 is 34.5 Å². The maximum Gasteiger partial charge on any atom is 0.253 e. The molecular formula is C29H31Cl2FN2O2S. The first-order valence-electron chi connectivity index (χ1n) is 12.8. The van der Waals surface area contributed by atoms with Crippen LogP contribution in [0.5, 0.6) is 0 Å². The Morgan fingerprint density at radius 3 is 2.51 bits per heavy atom. The van der Waals surface area contributed by atoms with Gasteiger partial charge in [-0.25, -0.2) is 4.39 Å². The van der Waals surface area contributed by atoms with Crippen LogP contribution in [0.2, 0.25) is 10.0 Å². The molecule has 1 amide bonds. The molecule has 2 aromatic carbocycles. The van der Waals surface area contributed by atoms with Crippen molar-refractivity contribution in [3.8, 4) is 0 Å². The van der Waals surface area contributed by atoms with E-state index in [4.69, 9.17) is 27.9 Å². The average molecular weight is 562 g/mol. The molecule has 0 spiro atoms. The average Bonchev–Trinajstić information content (AvgIpc) is 3.58. The molecule has 0 saturated carbocycles. The summed E-state index contributed by atoms with van der Waals surface area (Å²) in [6, 6.07) is 13.8. The quantitative estimate of drug-likeness (QED) is 0.298. The lowest BCUT2D eigenvalue weighted by molar-refractivity contribution is 0.0539. The second-order valence-corrected chi connectivity index (χ2v) is 11.7. The van der Waals surface area contributed by atoms with Gasteiger partial charge in [-0.1, -0.05) is 35.3 Å². The summed E-state index contributed by atoms with van der Waals surface area (Å²) in [4.78, 5) is 17.8. The van der Waals surface area contributed by atoms with Crippen LogP contribution < -0.4 is 0 Å². The normalized spacial score (nSPS) is 21.0. The van der Waals surface area contributed by atoms with E-state index in [1.165, 1.54) is 17.7 Å². The molecule has 2 fully saturated rings. The fraction of sp³-hybridized carbons (Fsp3) is 0.414. The largest absolute Gasteiger partial charge is 0.376 e. The minimum Gasteiger partial charge on any atom is -0.376 e. The van der Waals surface area contributed by atoms with Crippen molar-refractivity contribution in [1.82, 2.24) is 9.80 Å². The number of nitrogens with zero attached hydrogens (tertiary/aromatic N) is 2. The molecule has 196 valence electrons. The number of hydrogen-bond acceptors (Lipinski definition) is 4. The lowest BCUT2D eigenvalue weighted by Crippen LogP contribution is -2.39. The molecule has 0 radical (unpaired) electrons. The van der Waals surface area contributed by atoms with Crippen LogP contribution in [0.3, 0.4) is 0 Å². The van der Waals surface area contributed by atoms with Crippen LogP contribution in [0, 0.1) is 17.7 Å². The van der Waals surface area contributed by atoms with Gasteiger partial charge in [0.1, 0.15) is 5.82 Å². The van der Waals surface area contributed by atoms with E-state index in [9.17, 15) is 9.18 Å². The minimum atomic E-state index is -0.221. The van der Waals surface area contributed by atoms with Crippen LogP contribution in [-0.2, 0) is 11.3 Å². The van der Waals surface area contributed by atoms with Crippen LogP contribution in [0.25, 0.3) is 0 Å². The zero-order chi connectivity index (χ0) is 25.8. The molecule has 5 rings (SSSR count). The molecule has 0 bridgehead atoms. The van der Waals surface area contributed by atoms with Crippen LogP contribution in [0.15, 0.2) is 59.3 Å². The van der Waals surface area contributed by atoms with E-state index in [0.29, 0.717) is 46.5 Å². The number of carbonyl (C=O) groups excluding carboxylic acids is 1. The molecule has 1 aromatic heterocycles. The molecule has 4 nitrogen and oxygen atoms in total. The molecule has 2 atom stereocenters. The number of benzene rings is 2. The molecule has 8 heteroatoms. The van der Waals surface area contributed by atoms with Gasteiger partial charge in [0, 0.05) is 37.7 Å². The molecule has 3 heterocycles. The van der Waals surface area contributed by atoms with Crippen molar-refractivity contribution in [2.24, 2.45) is 11.8 Å². The fourth-order valence-corrected chi connectivity index (χ4v) is 6.51. The van der Waals surface area contributed by atoms with Crippen molar-refractivity contribution >= 4 is 40.4 Å². The Hall–Kier alpha value is -1.96. The Morgan fingerprint density at radius 1 is 1.03 bits per heavy atom. The highest BCUT2D eigenvalue weighted by atomic mass is 35.5. The summed E-state index contributed by atoms with van der Waals surface area (Å²) < 4.78 is 19.0. The van der Waals surface area contributed by atoms with Gasteiger partial charge in [-0.2, -0.15) is 11.3 Å². The summed E-state index contributed by atoms with van der Waals surface area (Å²) in [5, 5.41) is 5.20. The van der Waals surface area contributed by atoms with Gasteiger partial charge in [0.25, 0.3) is 5.91 Å². The van der Waals surface area contributed by atoms with Gasteiger partial charge >= 0.3 is 0 Å². The maximum atomic E-state index is 13.3. The van der Waals surface area contributed by atoms with Gasteiger partial charge in [0.05, 0.1) is 16.7 Å². The van der Waals surface area contributed by atoms with Gasteiger partial charge < -0.3 is 14.5 Å². The fourth-order valence-electron chi connectivity index (χ4n) is 5.49. The molecule has 0 aliphatic carbocycles. The van der Waals surface area contributed by atoms with Gasteiger partial charge in [0.15, 0.2) is 0 Å². The first kappa shape index (κ1) is 26.6. The third kappa shape index (κ3) is 6.73. The van der Waals surface area contributed by atoms with E-state index < -0.39 is 0 Å². The van der Waals surface area contributed by atoms with Crippen molar-refractivity contribution in [2.75, 3.05) is 39.3 Å². The van der Waals surface area contributed by atoms with E-state index in [2.05, 4.69) is 21.7 Å². The SMILES string of the molecule is O=C(c1ccc(Cl)c(Cl)c1)N1CC(CN2CCC(COCc3ccc(F)cc3)CC2)[C@H](c2ccsc2)C1. The molecule has 1 unspecified atom stereocenters. The molecule has 2 saturated heterocycles. The predicted octanol–water partition coefficient (Wildman–Crippen LogP) is 6.98. The van der Waals surface area contributed by atoms with Crippen molar-refractivity contribution < 1.29 is 13.9 Å². The molecule has 2 aliphatic heterocycles. The van der Waals surface area contributed by atoms with Crippen LogP contribution in [-0.4, -0.2) is 55.0 Å². The Labute approximate surface area is 231 Å². The minimum absolute atomic E-state index is 0.0123. The monoisotopic (exact) mass is 560 g/mol. The summed E-state index contributed by atoms with van der Waals surface area (Å²) in [6.07, 6.45) is 2.20. The Balaban J connectivity index is 1.15. The third-order valence-electron chi connectivity index (χ3n) is 7.60. The van der Waals surface area contributed by atoms with E-state index in [1.54, 1.807) is 41.7 Å². The molecule has 37 heavy (non-hydrogen) atoms. The van der Waals surface area contributed by atoms with Crippen LogP contribution in [0.4, 0.5) is 4.39 Å². The van der Waals surface area contributed by atoms with E-state index in [1.807, 2.05) is 4.90 Å². The number of thiophene rings is 1. The highest BCUT2D eigenvalue weighted by Gasteiger charge is 2.38. The van der Waals surface area contributed by atoms with Gasteiger partial charge in [-0.05, 0) is 96.1 Å². The van der Waals surface area contributed by atoms with E-state index in [-0.39, 0.29) is 11.7 Å². The maximum absolute atomic E-state index is 13.3. The number of ether oxygens (including phenoxy) is 1. The van der Waals surface area contributed by atoms with Gasteiger partial charge in [0.2, 0.25) is 0 Å². The summed E-state index contributed by atoms with van der Waals surface area (Å²) in [7, 11) is 0. The number of likely N-dealkylation sites (tertiary alicyclic amines) is 2. The van der Waals surface area contributed by atoms with Gasteiger partial charge in [-0.3, -0.25) is 4.79 Å². The lowest BCUT2D eigenvalue weighted by atomic mass is 9.89. The van der Waals surface area contributed by atoms with E-state index in [0.717, 1.165) is 51.2 Å². The van der Waals surface area contributed by atoms with E-state index >= 15 is 0 Å². The third-order valence-corrected chi connectivity index (χ3v) is 9.04. The second kappa shape index (κ2) is 12.3. The smallest absolute Gasteiger partial charge is 0.253 e. The van der Waals surface area contributed by atoms with Crippen molar-refractivity contribution in [3.63, 3.8) is 0 Å². The van der Waals surface area contributed by atoms with Crippen molar-refractivity contribution in [2.45, 2.75) is 25.4 Å². The lowest BCUT2D eigenvalue weighted by Gasteiger charge is -2.34. The van der Waals surface area contributed by atoms with Crippen molar-refractivity contribution in [1.29, 1.82) is 0 Å². The Bertz CT molecular complexity index is 1180. The molecule has 3 aromatic rings. The molecule has 2 aliphatic rings. The summed E-state index contributed by atoms with van der Waals surface area (Å²) >= 11 is 13.9. The summed E-state index contributed by atoms with van der Waals surface area (Å²) in [6.45, 7) is 5.77. The highest BCUT2D eigenvalue weighted by molar-refractivity contribution is 7.08. The first-order chi connectivity index (χ1) is 18.0. The Kier molecular flexibility index (Phi) is 8.83. The predicted molar refractivity (Wildman–Crippen MR) is 148 cm³/mol. The second-order valence-electron chi connectivity index (χ2n) is 10.1. The number of rotatable bonds is 8. The highest BCUT2D eigenvalue weighted by Crippen LogP contribution is 2.36. The zero-order valence-corrected chi connectivity index (χ0v) is 23.0. The van der Waals surface area contributed by atoms with Crippen molar-refractivity contribution in [3.05, 3.63) is 91.8 Å². The first-order valence-corrected chi connectivity index (χ1v) is 14.5. The molecular weight excluding hydrogens is 530 g/mol. The number of amides is 1.